The molecule has 2 unspecified atom stereocenters. The molecule has 16 heavy (non-hydrogen) atoms. The number of hydrogen-bond acceptors (Lipinski definition) is 3. The number of thiophene rings is 1. The molecular formula is C12H19BrN2S. The molecule has 0 radical (unpaired) electrons. The molecule has 0 aromatic carbocycles. The monoisotopic (exact) mass is 302 g/mol. The van der Waals surface area contributed by atoms with Crippen LogP contribution < -0.4 is 10.6 Å². The molecule has 1 saturated heterocycles. The third-order valence-corrected chi connectivity index (χ3v) is 5.05. The van der Waals surface area contributed by atoms with E-state index in [-0.39, 0.29) is 0 Å². The van der Waals surface area contributed by atoms with Crippen molar-refractivity contribution in [2.24, 2.45) is 5.92 Å². The predicted molar refractivity (Wildman–Crippen MR) is 74.0 cm³/mol. The lowest BCUT2D eigenvalue weighted by Gasteiger charge is -2.26. The van der Waals surface area contributed by atoms with Crippen LogP contribution in [0.15, 0.2) is 15.9 Å². The van der Waals surface area contributed by atoms with Crippen molar-refractivity contribution in [2.45, 2.75) is 25.3 Å². The van der Waals surface area contributed by atoms with Gasteiger partial charge in [-0.05, 0) is 67.3 Å². The quantitative estimate of drug-likeness (QED) is 0.893. The van der Waals surface area contributed by atoms with Crippen molar-refractivity contribution in [3.8, 4) is 0 Å². The third-order valence-electron chi connectivity index (χ3n) is 3.25. The minimum Gasteiger partial charge on any atom is -0.316 e. The maximum Gasteiger partial charge on any atom is 0.0415 e. The van der Waals surface area contributed by atoms with E-state index in [2.05, 4.69) is 45.1 Å². The summed E-state index contributed by atoms with van der Waals surface area (Å²) in [6.07, 6.45) is 3.95. The average Bonchev–Trinajstić information content (AvgIpc) is 2.74. The van der Waals surface area contributed by atoms with Gasteiger partial charge in [0.15, 0.2) is 0 Å². The summed E-state index contributed by atoms with van der Waals surface area (Å²) in [6, 6.07) is 2.75. The van der Waals surface area contributed by atoms with Crippen molar-refractivity contribution in [1.82, 2.24) is 10.6 Å². The minimum atomic E-state index is 0.515. The van der Waals surface area contributed by atoms with Gasteiger partial charge in [0.25, 0.3) is 0 Å². The van der Waals surface area contributed by atoms with Crippen molar-refractivity contribution >= 4 is 27.3 Å². The standard InChI is InChI=1S/C12H19BrN2S/c1-14-11(12-6-10(13)8-16-12)5-9-3-2-4-15-7-9/h6,8-9,11,14-15H,2-5,7H2,1H3. The van der Waals surface area contributed by atoms with Gasteiger partial charge in [0.05, 0.1) is 0 Å². The first-order valence-corrected chi connectivity index (χ1v) is 7.58. The summed E-state index contributed by atoms with van der Waals surface area (Å²) in [4.78, 5) is 1.44. The summed E-state index contributed by atoms with van der Waals surface area (Å²) in [5, 5.41) is 9.09. The molecule has 1 fully saturated rings. The van der Waals surface area contributed by atoms with Crippen LogP contribution in [0.2, 0.25) is 0 Å². The van der Waals surface area contributed by atoms with Crippen molar-refractivity contribution in [3.63, 3.8) is 0 Å². The van der Waals surface area contributed by atoms with Crippen LogP contribution in [0.5, 0.6) is 0 Å². The molecule has 0 amide bonds. The van der Waals surface area contributed by atoms with Gasteiger partial charge in [0.1, 0.15) is 0 Å². The second-order valence-electron chi connectivity index (χ2n) is 4.46. The van der Waals surface area contributed by atoms with Gasteiger partial charge in [-0.1, -0.05) is 0 Å². The third kappa shape index (κ3) is 3.29. The van der Waals surface area contributed by atoms with Crippen LogP contribution in [-0.4, -0.2) is 20.1 Å². The van der Waals surface area contributed by atoms with E-state index in [1.807, 2.05) is 11.3 Å². The smallest absolute Gasteiger partial charge is 0.0415 e. The molecule has 1 aromatic heterocycles. The summed E-state index contributed by atoms with van der Waals surface area (Å²) in [5.41, 5.74) is 0. The molecule has 2 rings (SSSR count). The molecule has 2 nitrogen and oxygen atoms in total. The fourth-order valence-electron chi connectivity index (χ4n) is 2.35. The lowest BCUT2D eigenvalue weighted by atomic mass is 9.92. The average molecular weight is 303 g/mol. The van der Waals surface area contributed by atoms with Crippen molar-refractivity contribution in [1.29, 1.82) is 0 Å². The zero-order valence-corrected chi connectivity index (χ0v) is 12.0. The fourth-order valence-corrected chi connectivity index (χ4v) is 3.91. The van der Waals surface area contributed by atoms with Crippen molar-refractivity contribution < 1.29 is 0 Å². The van der Waals surface area contributed by atoms with Gasteiger partial charge in [-0.25, -0.2) is 0 Å². The van der Waals surface area contributed by atoms with Crippen LogP contribution in [0.1, 0.15) is 30.2 Å². The first kappa shape index (κ1) is 12.6. The highest BCUT2D eigenvalue weighted by molar-refractivity contribution is 9.10. The van der Waals surface area contributed by atoms with Crippen molar-refractivity contribution in [3.05, 3.63) is 20.8 Å². The van der Waals surface area contributed by atoms with Crippen LogP contribution in [0.4, 0.5) is 0 Å². The Balaban J connectivity index is 1.94. The molecule has 2 heterocycles. The van der Waals surface area contributed by atoms with Crippen LogP contribution >= 0.6 is 27.3 Å². The summed E-state index contributed by atoms with van der Waals surface area (Å²) < 4.78 is 1.20. The molecule has 1 aromatic rings. The molecule has 2 atom stereocenters. The molecule has 4 heteroatoms. The number of hydrogen-bond donors (Lipinski definition) is 2. The van der Waals surface area contributed by atoms with Gasteiger partial charge < -0.3 is 10.6 Å². The SMILES string of the molecule is CNC(CC1CCCNC1)c1cc(Br)cs1. The Morgan fingerprint density at radius 1 is 1.69 bits per heavy atom. The Labute approximate surface area is 110 Å². The second-order valence-corrected chi connectivity index (χ2v) is 6.32. The van der Waals surface area contributed by atoms with Crippen molar-refractivity contribution in [2.75, 3.05) is 20.1 Å². The van der Waals surface area contributed by atoms with E-state index < -0.39 is 0 Å². The van der Waals surface area contributed by atoms with E-state index in [1.165, 1.54) is 41.7 Å². The Morgan fingerprint density at radius 2 is 2.56 bits per heavy atom. The molecule has 0 spiro atoms. The van der Waals surface area contributed by atoms with E-state index >= 15 is 0 Å². The maximum absolute atomic E-state index is 3.53. The molecule has 90 valence electrons. The normalized spacial score (nSPS) is 23.2. The Morgan fingerprint density at radius 3 is 3.12 bits per heavy atom. The zero-order chi connectivity index (χ0) is 11.4. The lowest BCUT2D eigenvalue weighted by molar-refractivity contribution is 0.323. The van der Waals surface area contributed by atoms with Gasteiger partial charge in [0, 0.05) is 20.8 Å². The molecular weight excluding hydrogens is 284 g/mol. The number of rotatable bonds is 4. The maximum atomic E-state index is 3.53. The van der Waals surface area contributed by atoms with Gasteiger partial charge in [-0.3, -0.25) is 0 Å². The molecule has 1 aliphatic rings. The highest BCUT2D eigenvalue weighted by Crippen LogP contribution is 2.30. The fraction of sp³-hybridized carbons (Fsp3) is 0.667. The lowest BCUT2D eigenvalue weighted by Crippen LogP contribution is -2.32. The summed E-state index contributed by atoms with van der Waals surface area (Å²) in [7, 11) is 2.06. The van der Waals surface area contributed by atoms with Crippen LogP contribution in [0.25, 0.3) is 0 Å². The number of halogens is 1. The van der Waals surface area contributed by atoms with Gasteiger partial charge in [0.2, 0.25) is 0 Å². The molecule has 1 aliphatic heterocycles. The van der Waals surface area contributed by atoms with Gasteiger partial charge in [-0.2, -0.15) is 0 Å². The number of nitrogens with one attached hydrogen (secondary N) is 2. The second kappa shape index (κ2) is 6.15. The Bertz CT molecular complexity index is 321. The Kier molecular flexibility index (Phi) is 4.82. The first-order chi connectivity index (χ1) is 7.79. The predicted octanol–water partition coefficient (Wildman–Crippen LogP) is 3.16. The zero-order valence-electron chi connectivity index (χ0n) is 9.63. The summed E-state index contributed by atoms with van der Waals surface area (Å²) >= 11 is 5.37. The number of piperidine rings is 1. The van der Waals surface area contributed by atoms with E-state index in [1.54, 1.807) is 0 Å². The van der Waals surface area contributed by atoms with E-state index in [4.69, 9.17) is 0 Å². The first-order valence-electron chi connectivity index (χ1n) is 5.91. The summed E-state index contributed by atoms with van der Waals surface area (Å²) in [5.74, 6) is 0.826. The van der Waals surface area contributed by atoms with Crippen LogP contribution in [0.3, 0.4) is 0 Å². The Hall–Kier alpha value is 0.1000. The minimum absolute atomic E-state index is 0.515. The molecule has 0 aliphatic carbocycles. The van der Waals surface area contributed by atoms with Gasteiger partial charge in [-0.15, -0.1) is 11.3 Å². The van der Waals surface area contributed by atoms with Crippen LogP contribution in [0, 0.1) is 5.92 Å². The topological polar surface area (TPSA) is 24.1 Å². The molecule has 2 N–H and O–H groups in total. The largest absolute Gasteiger partial charge is 0.316 e. The van der Waals surface area contributed by atoms with E-state index in [0.29, 0.717) is 6.04 Å². The van der Waals surface area contributed by atoms with Crippen LogP contribution in [-0.2, 0) is 0 Å². The highest BCUT2D eigenvalue weighted by Gasteiger charge is 2.19. The molecule has 0 saturated carbocycles. The highest BCUT2D eigenvalue weighted by atomic mass is 79.9. The summed E-state index contributed by atoms with van der Waals surface area (Å²) in [6.45, 7) is 2.38. The van der Waals surface area contributed by atoms with E-state index in [9.17, 15) is 0 Å². The van der Waals surface area contributed by atoms with Gasteiger partial charge >= 0.3 is 0 Å². The van der Waals surface area contributed by atoms with E-state index in [0.717, 1.165) is 5.92 Å². The molecule has 0 bridgehead atoms.